The van der Waals surface area contributed by atoms with Crippen molar-refractivity contribution in [3.63, 3.8) is 0 Å². The number of para-hydroxylation sites is 1. The third-order valence-electron chi connectivity index (χ3n) is 6.22. The van der Waals surface area contributed by atoms with Crippen molar-refractivity contribution in [1.29, 1.82) is 0 Å². The normalized spacial score (nSPS) is 16.6. The van der Waals surface area contributed by atoms with Gasteiger partial charge in [0.15, 0.2) is 0 Å². The van der Waals surface area contributed by atoms with Gasteiger partial charge in [0.1, 0.15) is 28.4 Å². The molecule has 1 fully saturated rings. The van der Waals surface area contributed by atoms with Crippen molar-refractivity contribution >= 4 is 34.7 Å². The van der Waals surface area contributed by atoms with Crippen LogP contribution >= 0.6 is 23.4 Å². The number of halogens is 1. The van der Waals surface area contributed by atoms with Crippen LogP contribution in [-0.4, -0.2) is 29.7 Å². The lowest BCUT2D eigenvalue weighted by Gasteiger charge is -2.35. The highest BCUT2D eigenvalue weighted by Gasteiger charge is 2.29. The van der Waals surface area contributed by atoms with Crippen LogP contribution in [0.3, 0.4) is 0 Å². The molecule has 0 spiro atoms. The van der Waals surface area contributed by atoms with E-state index in [0.29, 0.717) is 37.1 Å². The fourth-order valence-corrected chi connectivity index (χ4v) is 5.69. The maximum absolute atomic E-state index is 12.3. The smallest absolute Gasteiger partial charge is 0.271 e. The highest BCUT2D eigenvalue weighted by Crippen LogP contribution is 2.50. The van der Waals surface area contributed by atoms with Crippen LogP contribution in [0.5, 0.6) is 11.5 Å². The molecule has 0 bridgehead atoms. The molecule has 2 N–H and O–H groups in total. The zero-order chi connectivity index (χ0) is 24.5. The van der Waals surface area contributed by atoms with Crippen LogP contribution in [0.15, 0.2) is 87.6 Å². The molecule has 1 saturated heterocycles. The first kappa shape index (κ1) is 23.0. The molecule has 0 aliphatic carbocycles. The van der Waals surface area contributed by atoms with Gasteiger partial charge in [0.25, 0.3) is 5.56 Å². The second-order valence-electron chi connectivity index (χ2n) is 8.57. The Morgan fingerprint density at radius 1 is 1.14 bits per heavy atom. The third kappa shape index (κ3) is 4.67. The first-order valence-electron chi connectivity index (χ1n) is 11.7. The number of fused-ring (bicyclic) bond motifs is 2. The van der Waals surface area contributed by atoms with Crippen LogP contribution in [0, 0.1) is 0 Å². The van der Waals surface area contributed by atoms with E-state index < -0.39 is 0 Å². The Morgan fingerprint density at radius 3 is 2.97 bits per heavy atom. The summed E-state index contributed by atoms with van der Waals surface area (Å²) in [5.74, 6) is 1.63. The van der Waals surface area contributed by atoms with Crippen LogP contribution < -0.4 is 20.5 Å². The summed E-state index contributed by atoms with van der Waals surface area (Å²) in [6.07, 6.45) is 3.15. The number of benzene rings is 2. The molecule has 2 aromatic carbocycles. The highest BCUT2D eigenvalue weighted by molar-refractivity contribution is 7.99. The first-order chi connectivity index (χ1) is 17.6. The van der Waals surface area contributed by atoms with E-state index in [9.17, 15) is 4.79 Å². The van der Waals surface area contributed by atoms with Crippen molar-refractivity contribution in [3.8, 4) is 11.5 Å². The standard InChI is InChI=1S/C27H23ClN4O3S/c28-25-13-17(8-10-29-25)15-31-18-6-7-21-24(14-18)36-23-5-1-3-19(26(23)35-21)22-16-32(11-12-34-22)20-4-2-9-30-27(20)33/h1-10,13-14,22,31H,11-12,15-16H2,(H,30,33). The summed E-state index contributed by atoms with van der Waals surface area (Å²) >= 11 is 7.68. The number of hydrogen-bond acceptors (Lipinski definition) is 7. The Morgan fingerprint density at radius 2 is 2.08 bits per heavy atom. The van der Waals surface area contributed by atoms with E-state index in [4.69, 9.17) is 21.1 Å². The van der Waals surface area contributed by atoms with Crippen molar-refractivity contribution < 1.29 is 9.47 Å². The zero-order valence-electron chi connectivity index (χ0n) is 19.2. The highest BCUT2D eigenvalue weighted by atomic mass is 35.5. The Hall–Kier alpha value is -3.46. The number of morpholine rings is 1. The molecular formula is C27H23ClN4O3S. The monoisotopic (exact) mass is 518 g/mol. The number of hydrogen-bond donors (Lipinski definition) is 2. The molecule has 36 heavy (non-hydrogen) atoms. The van der Waals surface area contributed by atoms with Gasteiger partial charge in [-0.15, -0.1) is 0 Å². The fourth-order valence-electron chi connectivity index (χ4n) is 4.46. The van der Waals surface area contributed by atoms with Gasteiger partial charge in [-0.2, -0.15) is 0 Å². The summed E-state index contributed by atoms with van der Waals surface area (Å²) in [5, 5.41) is 3.92. The minimum atomic E-state index is -0.205. The third-order valence-corrected chi connectivity index (χ3v) is 7.51. The van der Waals surface area contributed by atoms with E-state index >= 15 is 0 Å². The molecule has 0 radical (unpaired) electrons. The number of pyridine rings is 2. The molecular weight excluding hydrogens is 496 g/mol. The molecule has 2 aliphatic rings. The molecule has 9 heteroatoms. The lowest BCUT2D eigenvalue weighted by Crippen LogP contribution is -2.41. The molecule has 0 saturated carbocycles. The van der Waals surface area contributed by atoms with Gasteiger partial charge in [-0.3, -0.25) is 4.79 Å². The number of aromatic amines is 1. The summed E-state index contributed by atoms with van der Waals surface area (Å²) in [7, 11) is 0. The van der Waals surface area contributed by atoms with E-state index in [1.165, 1.54) is 0 Å². The largest absolute Gasteiger partial charge is 0.455 e. The van der Waals surface area contributed by atoms with Gasteiger partial charge >= 0.3 is 0 Å². The minimum absolute atomic E-state index is 0.0922. The summed E-state index contributed by atoms with van der Waals surface area (Å²) in [4.78, 5) is 23.3. The van der Waals surface area contributed by atoms with E-state index in [2.05, 4.69) is 32.3 Å². The summed E-state index contributed by atoms with van der Waals surface area (Å²) < 4.78 is 12.6. The molecule has 6 rings (SSSR count). The Balaban J connectivity index is 1.21. The molecule has 1 atom stereocenters. The molecule has 1 unspecified atom stereocenters. The van der Waals surface area contributed by atoms with E-state index in [1.54, 1.807) is 24.2 Å². The van der Waals surface area contributed by atoms with Crippen molar-refractivity contribution in [3.05, 3.63) is 99.7 Å². The number of ether oxygens (including phenoxy) is 2. The Bertz CT molecular complexity index is 1480. The Labute approximate surface area is 217 Å². The molecule has 4 heterocycles. The molecule has 0 amide bonds. The van der Waals surface area contributed by atoms with Gasteiger partial charge in [0, 0.05) is 43.3 Å². The predicted molar refractivity (Wildman–Crippen MR) is 142 cm³/mol. The van der Waals surface area contributed by atoms with Gasteiger partial charge in [-0.1, -0.05) is 35.5 Å². The number of rotatable bonds is 5. The zero-order valence-corrected chi connectivity index (χ0v) is 20.8. The molecule has 4 aromatic rings. The van der Waals surface area contributed by atoms with Gasteiger partial charge < -0.3 is 24.7 Å². The quantitative estimate of drug-likeness (QED) is 0.282. The van der Waals surface area contributed by atoms with Gasteiger partial charge in [-0.25, -0.2) is 4.98 Å². The van der Waals surface area contributed by atoms with Crippen LogP contribution in [0.1, 0.15) is 17.2 Å². The van der Waals surface area contributed by atoms with Gasteiger partial charge in [0.05, 0.1) is 16.4 Å². The Kier molecular flexibility index (Phi) is 6.31. The summed E-state index contributed by atoms with van der Waals surface area (Å²) in [5.41, 5.74) is 3.61. The van der Waals surface area contributed by atoms with Crippen LogP contribution in [0.4, 0.5) is 11.4 Å². The number of nitrogens with one attached hydrogen (secondary N) is 2. The number of nitrogens with zero attached hydrogens (tertiary/aromatic N) is 2. The van der Waals surface area contributed by atoms with E-state index in [0.717, 1.165) is 38.1 Å². The molecule has 2 aromatic heterocycles. The van der Waals surface area contributed by atoms with Crippen molar-refractivity contribution in [1.82, 2.24) is 9.97 Å². The van der Waals surface area contributed by atoms with Crippen LogP contribution in [0.2, 0.25) is 5.15 Å². The predicted octanol–water partition coefficient (Wildman–Crippen LogP) is 5.87. The summed E-state index contributed by atoms with van der Waals surface area (Å²) in [6.45, 7) is 2.42. The number of H-pyrrole nitrogens is 1. The van der Waals surface area contributed by atoms with E-state index in [-0.39, 0.29) is 11.7 Å². The number of aromatic nitrogens is 2. The molecule has 2 aliphatic heterocycles. The second-order valence-corrected chi connectivity index (χ2v) is 10.0. The lowest BCUT2D eigenvalue weighted by atomic mass is 10.1. The average molecular weight is 519 g/mol. The fraction of sp³-hybridized carbons (Fsp3) is 0.185. The maximum Gasteiger partial charge on any atom is 0.271 e. The van der Waals surface area contributed by atoms with Crippen molar-refractivity contribution in [2.45, 2.75) is 22.4 Å². The average Bonchev–Trinajstić information content (AvgIpc) is 2.91. The maximum atomic E-state index is 12.3. The topological polar surface area (TPSA) is 79.5 Å². The lowest BCUT2D eigenvalue weighted by molar-refractivity contribution is 0.0382. The van der Waals surface area contributed by atoms with Gasteiger partial charge in [-0.05, 0) is 54.1 Å². The van der Waals surface area contributed by atoms with Gasteiger partial charge in [0.2, 0.25) is 0 Å². The first-order valence-corrected chi connectivity index (χ1v) is 12.8. The number of anilines is 2. The van der Waals surface area contributed by atoms with Crippen LogP contribution in [-0.2, 0) is 11.3 Å². The van der Waals surface area contributed by atoms with Crippen molar-refractivity contribution in [2.24, 2.45) is 0 Å². The molecule has 182 valence electrons. The van der Waals surface area contributed by atoms with E-state index in [1.807, 2.05) is 48.5 Å². The van der Waals surface area contributed by atoms with Crippen LogP contribution in [0.25, 0.3) is 0 Å². The molecule has 7 nitrogen and oxygen atoms in total. The SMILES string of the molecule is O=c1[nH]cccc1N1CCOC(c2cccc3c2Oc2ccc(NCc4ccnc(Cl)c4)cc2S3)C1. The minimum Gasteiger partial charge on any atom is -0.455 e. The van der Waals surface area contributed by atoms with Crippen molar-refractivity contribution in [2.75, 3.05) is 29.9 Å². The second kappa shape index (κ2) is 9.89. The summed E-state index contributed by atoms with van der Waals surface area (Å²) in [6, 6.07) is 19.7.